The fourth-order valence-electron chi connectivity index (χ4n) is 2.05. The maximum absolute atomic E-state index is 5.24. The molecule has 0 aliphatic carbocycles. The Balaban J connectivity index is 1.60. The molecule has 4 aromatic rings. The van der Waals surface area contributed by atoms with Gasteiger partial charge in [-0.05, 0) is 29.6 Å². The summed E-state index contributed by atoms with van der Waals surface area (Å²) in [6.07, 6.45) is 0. The van der Waals surface area contributed by atoms with E-state index in [0.717, 1.165) is 31.9 Å². The number of hydrogen-bond donors (Lipinski definition) is 1. The van der Waals surface area contributed by atoms with E-state index in [1.165, 1.54) is 4.88 Å². The number of anilines is 2. The zero-order chi connectivity index (χ0) is 14.9. The standard InChI is InChI=1S/C15H11N3OS3/c1-19-9-4-5-10-13(7-9)22-15(16-10)18-14-17-11(8-21-14)12-3-2-6-20-12/h2-8H,1H3,(H,16,17,18). The monoisotopic (exact) mass is 345 g/mol. The van der Waals surface area contributed by atoms with Crippen LogP contribution in [0.1, 0.15) is 0 Å². The summed E-state index contributed by atoms with van der Waals surface area (Å²) in [5, 5.41) is 9.11. The molecule has 0 fully saturated rings. The Hall–Kier alpha value is -1.96. The van der Waals surface area contributed by atoms with Crippen molar-refractivity contribution in [1.82, 2.24) is 9.97 Å². The Labute approximate surface area is 139 Å². The van der Waals surface area contributed by atoms with Crippen LogP contribution in [-0.4, -0.2) is 17.1 Å². The molecule has 22 heavy (non-hydrogen) atoms. The van der Waals surface area contributed by atoms with Gasteiger partial charge in [0.15, 0.2) is 10.3 Å². The van der Waals surface area contributed by atoms with Crippen LogP contribution in [0.4, 0.5) is 10.3 Å². The van der Waals surface area contributed by atoms with Gasteiger partial charge in [0.25, 0.3) is 0 Å². The lowest BCUT2D eigenvalue weighted by Crippen LogP contribution is -1.87. The minimum Gasteiger partial charge on any atom is -0.497 e. The van der Waals surface area contributed by atoms with Crippen molar-refractivity contribution in [3.63, 3.8) is 0 Å². The first-order chi connectivity index (χ1) is 10.8. The van der Waals surface area contributed by atoms with Crippen LogP contribution in [0.15, 0.2) is 41.1 Å². The number of nitrogens with zero attached hydrogens (tertiary/aromatic N) is 2. The van der Waals surface area contributed by atoms with Crippen molar-refractivity contribution >= 4 is 54.5 Å². The minimum atomic E-state index is 0.843. The number of benzene rings is 1. The molecule has 3 heterocycles. The summed E-state index contributed by atoms with van der Waals surface area (Å²) in [6, 6.07) is 10.00. The molecule has 1 aromatic carbocycles. The van der Waals surface area contributed by atoms with E-state index in [1.54, 1.807) is 41.1 Å². The van der Waals surface area contributed by atoms with Crippen LogP contribution in [0, 0.1) is 0 Å². The molecule has 0 unspecified atom stereocenters. The van der Waals surface area contributed by atoms with Crippen LogP contribution in [0.5, 0.6) is 5.75 Å². The number of hydrogen-bond acceptors (Lipinski definition) is 7. The molecular formula is C15H11N3OS3. The molecule has 0 spiro atoms. The lowest BCUT2D eigenvalue weighted by molar-refractivity contribution is 0.415. The molecule has 0 saturated heterocycles. The Morgan fingerprint density at radius 1 is 1.09 bits per heavy atom. The van der Waals surface area contributed by atoms with Crippen LogP contribution in [0.2, 0.25) is 0 Å². The molecule has 0 aliphatic rings. The highest BCUT2D eigenvalue weighted by Gasteiger charge is 2.09. The summed E-state index contributed by atoms with van der Waals surface area (Å²) in [6.45, 7) is 0. The van der Waals surface area contributed by atoms with Crippen LogP contribution < -0.4 is 10.1 Å². The highest BCUT2D eigenvalue weighted by molar-refractivity contribution is 7.22. The predicted octanol–water partition coefficient (Wildman–Crippen LogP) is 5.23. The Morgan fingerprint density at radius 2 is 2.05 bits per heavy atom. The maximum Gasteiger partial charge on any atom is 0.190 e. The Bertz CT molecular complexity index is 911. The summed E-state index contributed by atoms with van der Waals surface area (Å²) in [5.41, 5.74) is 1.97. The molecular weight excluding hydrogens is 334 g/mol. The molecule has 0 aliphatic heterocycles. The zero-order valence-corrected chi connectivity index (χ0v) is 14.0. The van der Waals surface area contributed by atoms with Gasteiger partial charge in [0.1, 0.15) is 5.75 Å². The van der Waals surface area contributed by atoms with E-state index < -0.39 is 0 Å². The molecule has 4 nitrogen and oxygen atoms in total. The average Bonchev–Trinajstić information content (AvgIpc) is 3.26. The molecule has 1 N–H and O–H groups in total. The first-order valence-electron chi connectivity index (χ1n) is 6.53. The molecule has 3 aromatic heterocycles. The summed E-state index contributed by atoms with van der Waals surface area (Å²) in [4.78, 5) is 10.4. The van der Waals surface area contributed by atoms with Crippen molar-refractivity contribution in [2.24, 2.45) is 0 Å². The smallest absolute Gasteiger partial charge is 0.190 e. The number of thiazole rings is 2. The zero-order valence-electron chi connectivity index (χ0n) is 11.6. The molecule has 0 saturated carbocycles. The van der Waals surface area contributed by atoms with Crippen LogP contribution >= 0.6 is 34.0 Å². The van der Waals surface area contributed by atoms with Gasteiger partial charge in [0, 0.05) is 5.38 Å². The molecule has 110 valence electrons. The van der Waals surface area contributed by atoms with Crippen molar-refractivity contribution in [1.29, 1.82) is 0 Å². The summed E-state index contributed by atoms with van der Waals surface area (Å²) >= 11 is 4.88. The third-order valence-electron chi connectivity index (χ3n) is 3.09. The normalized spacial score (nSPS) is 11.0. The lowest BCUT2D eigenvalue weighted by atomic mass is 10.3. The average molecular weight is 345 g/mol. The van der Waals surface area contributed by atoms with E-state index in [4.69, 9.17) is 4.74 Å². The lowest BCUT2D eigenvalue weighted by Gasteiger charge is -1.96. The van der Waals surface area contributed by atoms with Crippen LogP contribution in [0.25, 0.3) is 20.8 Å². The molecule has 0 amide bonds. The van der Waals surface area contributed by atoms with Gasteiger partial charge >= 0.3 is 0 Å². The van der Waals surface area contributed by atoms with Gasteiger partial charge in [0.05, 0.1) is 27.9 Å². The summed E-state index contributed by atoms with van der Waals surface area (Å²) in [7, 11) is 1.67. The van der Waals surface area contributed by atoms with Crippen LogP contribution in [0.3, 0.4) is 0 Å². The van der Waals surface area contributed by atoms with Gasteiger partial charge in [-0.15, -0.1) is 22.7 Å². The molecule has 0 radical (unpaired) electrons. The predicted molar refractivity (Wildman–Crippen MR) is 94.9 cm³/mol. The molecule has 4 rings (SSSR count). The van der Waals surface area contributed by atoms with Gasteiger partial charge in [-0.3, -0.25) is 0 Å². The molecule has 0 atom stereocenters. The Kier molecular flexibility index (Phi) is 3.53. The first-order valence-corrected chi connectivity index (χ1v) is 9.10. The number of rotatable bonds is 4. The van der Waals surface area contributed by atoms with Gasteiger partial charge in [-0.2, -0.15) is 0 Å². The highest BCUT2D eigenvalue weighted by atomic mass is 32.1. The summed E-state index contributed by atoms with van der Waals surface area (Å²) < 4.78 is 6.34. The van der Waals surface area contributed by atoms with Crippen molar-refractivity contribution in [3.8, 4) is 16.3 Å². The first kappa shape index (κ1) is 13.7. The van der Waals surface area contributed by atoms with E-state index in [1.807, 2.05) is 24.3 Å². The number of thiophene rings is 1. The second-order valence-corrected chi connectivity index (χ2v) is 7.33. The van der Waals surface area contributed by atoms with E-state index >= 15 is 0 Å². The van der Waals surface area contributed by atoms with E-state index in [-0.39, 0.29) is 0 Å². The Morgan fingerprint density at radius 3 is 2.86 bits per heavy atom. The largest absolute Gasteiger partial charge is 0.497 e. The maximum atomic E-state index is 5.24. The van der Waals surface area contributed by atoms with Gasteiger partial charge < -0.3 is 10.1 Å². The van der Waals surface area contributed by atoms with E-state index in [0.29, 0.717) is 0 Å². The third-order valence-corrected chi connectivity index (χ3v) is 5.67. The number of methoxy groups -OCH3 is 1. The van der Waals surface area contributed by atoms with Crippen molar-refractivity contribution in [3.05, 3.63) is 41.1 Å². The number of aromatic nitrogens is 2. The fraction of sp³-hybridized carbons (Fsp3) is 0.0667. The van der Waals surface area contributed by atoms with E-state index in [9.17, 15) is 0 Å². The SMILES string of the molecule is COc1ccc2nc(Nc3nc(-c4cccs4)cs3)sc2c1. The van der Waals surface area contributed by atoms with Crippen molar-refractivity contribution in [2.75, 3.05) is 12.4 Å². The highest BCUT2D eigenvalue weighted by Crippen LogP contribution is 2.33. The number of fused-ring (bicyclic) bond motifs is 1. The van der Waals surface area contributed by atoms with Gasteiger partial charge in [-0.1, -0.05) is 17.4 Å². The van der Waals surface area contributed by atoms with Crippen molar-refractivity contribution < 1.29 is 4.74 Å². The second-order valence-electron chi connectivity index (χ2n) is 4.49. The fourth-order valence-corrected chi connectivity index (χ4v) is 4.47. The second kappa shape index (κ2) is 5.68. The molecule has 0 bridgehead atoms. The minimum absolute atomic E-state index is 0.843. The topological polar surface area (TPSA) is 47.0 Å². The third kappa shape index (κ3) is 2.58. The number of ether oxygens (including phenoxy) is 1. The van der Waals surface area contributed by atoms with Crippen LogP contribution in [-0.2, 0) is 0 Å². The number of nitrogens with one attached hydrogen (secondary N) is 1. The molecule has 7 heteroatoms. The van der Waals surface area contributed by atoms with Gasteiger partial charge in [0.2, 0.25) is 0 Å². The van der Waals surface area contributed by atoms with Gasteiger partial charge in [-0.25, -0.2) is 9.97 Å². The summed E-state index contributed by atoms with van der Waals surface area (Å²) in [5.74, 6) is 0.844. The van der Waals surface area contributed by atoms with E-state index in [2.05, 4.69) is 32.1 Å². The quantitative estimate of drug-likeness (QED) is 0.550. The van der Waals surface area contributed by atoms with Crippen molar-refractivity contribution in [2.45, 2.75) is 0 Å².